The number of rotatable bonds is 6. The molecule has 0 atom stereocenters. The van der Waals surface area contributed by atoms with Crippen LogP contribution in [0.5, 0.6) is 11.5 Å². The molecule has 0 radical (unpaired) electrons. The molecule has 0 aliphatic heterocycles. The van der Waals surface area contributed by atoms with Gasteiger partial charge in [0, 0.05) is 0 Å². The molecule has 1 aromatic rings. The topological polar surface area (TPSA) is 44.5 Å². The van der Waals surface area contributed by atoms with Crippen LogP contribution in [0.15, 0.2) is 12.1 Å². The average Bonchev–Trinajstić information content (AvgIpc) is 2.24. The second-order valence-corrected chi connectivity index (χ2v) is 3.72. The first-order valence-corrected chi connectivity index (χ1v) is 5.88. The first kappa shape index (κ1) is 13.1. The lowest BCUT2D eigenvalue weighted by atomic mass is 10.1. The Bertz CT molecular complexity index is 342. The van der Waals surface area contributed by atoms with Crippen molar-refractivity contribution in [3.05, 3.63) is 22.7 Å². The van der Waals surface area contributed by atoms with E-state index in [9.17, 15) is 0 Å². The maximum Gasteiger partial charge on any atom is 0.179 e. The molecular weight excluding hydrogens is 226 g/mol. The molecule has 0 bridgehead atoms. The van der Waals surface area contributed by atoms with Gasteiger partial charge in [0.05, 0.1) is 18.2 Å². The van der Waals surface area contributed by atoms with Gasteiger partial charge in [0.2, 0.25) is 0 Å². The van der Waals surface area contributed by atoms with Crippen LogP contribution in [0.4, 0.5) is 0 Å². The molecule has 0 fully saturated rings. The van der Waals surface area contributed by atoms with Crippen LogP contribution in [-0.4, -0.2) is 19.8 Å². The first-order chi connectivity index (χ1) is 7.72. The number of benzene rings is 1. The Morgan fingerprint density at radius 2 is 1.88 bits per heavy atom. The van der Waals surface area contributed by atoms with E-state index in [1.807, 2.05) is 26.0 Å². The quantitative estimate of drug-likeness (QED) is 0.836. The van der Waals surface area contributed by atoms with E-state index in [1.165, 1.54) is 0 Å². The SMILES string of the molecule is CCOc1cc(CCN)cc(Cl)c1OCC. The van der Waals surface area contributed by atoms with Gasteiger partial charge in [-0.1, -0.05) is 11.6 Å². The Morgan fingerprint density at radius 3 is 2.44 bits per heavy atom. The van der Waals surface area contributed by atoms with Crippen molar-refractivity contribution in [3.8, 4) is 11.5 Å². The molecule has 90 valence electrons. The van der Waals surface area contributed by atoms with Crippen molar-refractivity contribution in [3.63, 3.8) is 0 Å². The summed E-state index contributed by atoms with van der Waals surface area (Å²) >= 11 is 6.14. The molecule has 0 heterocycles. The molecule has 1 aromatic carbocycles. The van der Waals surface area contributed by atoms with Crippen molar-refractivity contribution in [2.45, 2.75) is 20.3 Å². The van der Waals surface area contributed by atoms with Crippen molar-refractivity contribution in [1.29, 1.82) is 0 Å². The molecule has 0 saturated carbocycles. The zero-order chi connectivity index (χ0) is 12.0. The molecule has 0 spiro atoms. The summed E-state index contributed by atoms with van der Waals surface area (Å²) < 4.78 is 11.0. The van der Waals surface area contributed by atoms with Gasteiger partial charge in [-0.05, 0) is 44.5 Å². The monoisotopic (exact) mass is 243 g/mol. The lowest BCUT2D eigenvalue weighted by molar-refractivity contribution is 0.287. The zero-order valence-corrected chi connectivity index (χ0v) is 10.5. The van der Waals surface area contributed by atoms with Crippen molar-refractivity contribution in [2.75, 3.05) is 19.8 Å². The number of nitrogens with two attached hydrogens (primary N) is 1. The Balaban J connectivity index is 3.05. The van der Waals surface area contributed by atoms with Gasteiger partial charge in [-0.3, -0.25) is 0 Å². The highest BCUT2D eigenvalue weighted by Gasteiger charge is 2.11. The highest BCUT2D eigenvalue weighted by atomic mass is 35.5. The summed E-state index contributed by atoms with van der Waals surface area (Å²) in [4.78, 5) is 0. The molecule has 3 nitrogen and oxygen atoms in total. The van der Waals surface area contributed by atoms with Crippen LogP contribution in [0.3, 0.4) is 0 Å². The molecule has 0 unspecified atom stereocenters. The minimum atomic E-state index is 0.566. The summed E-state index contributed by atoms with van der Waals surface area (Å²) in [5.41, 5.74) is 6.59. The van der Waals surface area contributed by atoms with E-state index < -0.39 is 0 Å². The number of hydrogen-bond donors (Lipinski definition) is 1. The van der Waals surface area contributed by atoms with Crippen LogP contribution in [0.1, 0.15) is 19.4 Å². The van der Waals surface area contributed by atoms with Crippen LogP contribution in [0.25, 0.3) is 0 Å². The third kappa shape index (κ3) is 3.29. The maximum absolute atomic E-state index is 6.14. The summed E-state index contributed by atoms with van der Waals surface area (Å²) in [6.07, 6.45) is 0.784. The van der Waals surface area contributed by atoms with Gasteiger partial charge in [0.25, 0.3) is 0 Å². The molecule has 0 aliphatic rings. The Morgan fingerprint density at radius 1 is 1.19 bits per heavy atom. The van der Waals surface area contributed by atoms with E-state index in [-0.39, 0.29) is 0 Å². The molecule has 16 heavy (non-hydrogen) atoms. The summed E-state index contributed by atoms with van der Waals surface area (Å²) in [5, 5.41) is 0.580. The van der Waals surface area contributed by atoms with Gasteiger partial charge in [0.1, 0.15) is 0 Å². The van der Waals surface area contributed by atoms with Crippen LogP contribution >= 0.6 is 11.6 Å². The molecule has 0 aliphatic carbocycles. The van der Waals surface area contributed by atoms with Crippen molar-refractivity contribution < 1.29 is 9.47 Å². The van der Waals surface area contributed by atoms with Crippen LogP contribution in [-0.2, 0) is 6.42 Å². The standard InChI is InChI=1S/C12H18ClNO2/c1-3-15-11-8-9(5-6-14)7-10(13)12(11)16-4-2/h7-8H,3-6,14H2,1-2H3. The van der Waals surface area contributed by atoms with Crippen molar-refractivity contribution >= 4 is 11.6 Å². The maximum atomic E-state index is 6.14. The number of halogens is 1. The van der Waals surface area contributed by atoms with E-state index in [1.54, 1.807) is 0 Å². The van der Waals surface area contributed by atoms with E-state index in [0.717, 1.165) is 12.0 Å². The van der Waals surface area contributed by atoms with Gasteiger partial charge < -0.3 is 15.2 Å². The molecule has 0 saturated heterocycles. The number of hydrogen-bond acceptors (Lipinski definition) is 3. The average molecular weight is 244 g/mol. The van der Waals surface area contributed by atoms with Crippen molar-refractivity contribution in [1.82, 2.24) is 0 Å². The predicted molar refractivity (Wildman–Crippen MR) is 66.5 cm³/mol. The lowest BCUT2D eigenvalue weighted by Crippen LogP contribution is -2.04. The normalized spacial score (nSPS) is 10.2. The van der Waals surface area contributed by atoms with Crippen LogP contribution in [0, 0.1) is 0 Å². The van der Waals surface area contributed by atoms with E-state index in [0.29, 0.717) is 36.3 Å². The largest absolute Gasteiger partial charge is 0.490 e. The predicted octanol–water partition coefficient (Wildman–Crippen LogP) is 2.64. The highest BCUT2D eigenvalue weighted by molar-refractivity contribution is 6.32. The molecule has 2 N–H and O–H groups in total. The van der Waals surface area contributed by atoms with Gasteiger partial charge >= 0.3 is 0 Å². The third-order valence-corrected chi connectivity index (χ3v) is 2.37. The molecular formula is C12H18ClNO2. The van der Waals surface area contributed by atoms with E-state index in [4.69, 9.17) is 26.8 Å². The van der Waals surface area contributed by atoms with Gasteiger partial charge in [0.15, 0.2) is 11.5 Å². The van der Waals surface area contributed by atoms with Crippen LogP contribution < -0.4 is 15.2 Å². The summed E-state index contributed by atoms with van der Waals surface area (Å²) in [6, 6.07) is 3.81. The summed E-state index contributed by atoms with van der Waals surface area (Å²) in [6.45, 7) is 5.59. The fourth-order valence-electron chi connectivity index (χ4n) is 1.48. The fraction of sp³-hybridized carbons (Fsp3) is 0.500. The Labute approximate surface area is 101 Å². The van der Waals surface area contributed by atoms with E-state index >= 15 is 0 Å². The second-order valence-electron chi connectivity index (χ2n) is 3.31. The molecule has 1 rings (SSSR count). The minimum Gasteiger partial charge on any atom is -0.490 e. The van der Waals surface area contributed by atoms with Gasteiger partial charge in [-0.15, -0.1) is 0 Å². The summed E-state index contributed by atoms with van der Waals surface area (Å²) in [7, 11) is 0. The van der Waals surface area contributed by atoms with Crippen molar-refractivity contribution in [2.24, 2.45) is 5.73 Å². The lowest BCUT2D eigenvalue weighted by Gasteiger charge is -2.14. The fourth-order valence-corrected chi connectivity index (χ4v) is 1.77. The minimum absolute atomic E-state index is 0.566. The highest BCUT2D eigenvalue weighted by Crippen LogP contribution is 2.36. The van der Waals surface area contributed by atoms with Crippen LogP contribution in [0.2, 0.25) is 5.02 Å². The molecule has 0 amide bonds. The Hall–Kier alpha value is -0.930. The van der Waals surface area contributed by atoms with Gasteiger partial charge in [-0.2, -0.15) is 0 Å². The molecule has 0 aromatic heterocycles. The second kappa shape index (κ2) is 6.61. The first-order valence-electron chi connectivity index (χ1n) is 5.51. The zero-order valence-electron chi connectivity index (χ0n) is 9.75. The third-order valence-electron chi connectivity index (χ3n) is 2.09. The molecule has 4 heteroatoms. The Kier molecular flexibility index (Phi) is 5.43. The number of ether oxygens (including phenoxy) is 2. The van der Waals surface area contributed by atoms with E-state index in [2.05, 4.69) is 0 Å². The van der Waals surface area contributed by atoms with Gasteiger partial charge in [-0.25, -0.2) is 0 Å². The summed E-state index contributed by atoms with van der Waals surface area (Å²) in [5.74, 6) is 1.31. The smallest absolute Gasteiger partial charge is 0.179 e.